The number of nitrogens with zero attached hydrogens (tertiary/aromatic N) is 2. The Bertz CT molecular complexity index is 901. The van der Waals surface area contributed by atoms with Crippen molar-refractivity contribution < 1.29 is 19.1 Å². The van der Waals surface area contributed by atoms with Crippen LogP contribution in [-0.4, -0.2) is 44.4 Å². The zero-order valence-electron chi connectivity index (χ0n) is 16.4. The van der Waals surface area contributed by atoms with E-state index in [-0.39, 0.29) is 24.7 Å². The number of fused-ring (bicyclic) bond motifs is 1. The van der Waals surface area contributed by atoms with Gasteiger partial charge in [0.15, 0.2) is 0 Å². The number of thioether (sulfide) groups is 1. The van der Waals surface area contributed by atoms with Gasteiger partial charge in [-0.25, -0.2) is 4.79 Å². The quantitative estimate of drug-likeness (QED) is 0.808. The van der Waals surface area contributed by atoms with E-state index in [4.69, 9.17) is 0 Å². The highest BCUT2D eigenvalue weighted by Crippen LogP contribution is 2.34. The summed E-state index contributed by atoms with van der Waals surface area (Å²) in [6.07, 6.45) is -0.222. The minimum Gasteiger partial charge on any atom is -0.452 e. The van der Waals surface area contributed by atoms with Gasteiger partial charge in [0.2, 0.25) is 11.8 Å². The van der Waals surface area contributed by atoms with Gasteiger partial charge in [-0.3, -0.25) is 14.5 Å². The van der Waals surface area contributed by atoms with E-state index in [0.29, 0.717) is 17.9 Å². The summed E-state index contributed by atoms with van der Waals surface area (Å²) in [5, 5.41) is 2.78. The van der Waals surface area contributed by atoms with Crippen molar-refractivity contribution in [3.63, 3.8) is 0 Å². The van der Waals surface area contributed by atoms with Crippen molar-refractivity contribution in [1.29, 1.82) is 0 Å². The third-order valence-corrected chi connectivity index (χ3v) is 5.63. The number of ether oxygens (including phenoxy) is 1. The van der Waals surface area contributed by atoms with Crippen molar-refractivity contribution in [3.05, 3.63) is 48.5 Å². The molecule has 1 aliphatic rings. The molecule has 0 spiro atoms. The molecule has 2 aromatic carbocycles. The lowest BCUT2D eigenvalue weighted by atomic mass is 10.2. The van der Waals surface area contributed by atoms with Crippen LogP contribution in [0.15, 0.2) is 53.4 Å². The predicted molar refractivity (Wildman–Crippen MR) is 115 cm³/mol. The number of methoxy groups -OCH3 is 1. The Hall–Kier alpha value is -3.00. The molecule has 1 heterocycles. The van der Waals surface area contributed by atoms with Gasteiger partial charge in [-0.2, -0.15) is 0 Å². The van der Waals surface area contributed by atoms with Crippen LogP contribution in [0.1, 0.15) is 12.8 Å². The summed E-state index contributed by atoms with van der Waals surface area (Å²) < 4.78 is 4.67. The van der Waals surface area contributed by atoms with Crippen molar-refractivity contribution >= 4 is 46.7 Å². The monoisotopic (exact) mass is 413 g/mol. The third-order valence-electron chi connectivity index (χ3n) is 4.58. The van der Waals surface area contributed by atoms with Crippen LogP contribution in [0.3, 0.4) is 0 Å². The summed E-state index contributed by atoms with van der Waals surface area (Å²) in [5.41, 5.74) is 2.16. The van der Waals surface area contributed by atoms with Gasteiger partial charge in [-0.15, -0.1) is 11.8 Å². The molecule has 0 bridgehead atoms. The van der Waals surface area contributed by atoms with E-state index in [0.717, 1.165) is 16.3 Å². The van der Waals surface area contributed by atoms with Gasteiger partial charge in [0, 0.05) is 48.5 Å². The van der Waals surface area contributed by atoms with Crippen LogP contribution in [-0.2, 0) is 14.3 Å². The molecule has 3 rings (SSSR count). The first-order valence-electron chi connectivity index (χ1n) is 9.23. The average molecular weight is 413 g/mol. The Balaban J connectivity index is 1.53. The van der Waals surface area contributed by atoms with E-state index in [2.05, 4.69) is 10.1 Å². The molecule has 29 heavy (non-hydrogen) atoms. The van der Waals surface area contributed by atoms with Crippen LogP contribution >= 0.6 is 11.8 Å². The molecule has 8 heteroatoms. The molecule has 0 fully saturated rings. The number of hydrogen-bond donors (Lipinski definition) is 1. The normalized spacial score (nSPS) is 12.7. The van der Waals surface area contributed by atoms with Crippen LogP contribution < -0.4 is 15.1 Å². The van der Waals surface area contributed by atoms with Crippen LogP contribution in [0, 0.1) is 0 Å². The fraction of sp³-hybridized carbons (Fsp3) is 0.286. The molecule has 0 atom stereocenters. The number of carbonyl (C=O) groups is 3. The maximum absolute atomic E-state index is 12.6. The van der Waals surface area contributed by atoms with Crippen LogP contribution in [0.4, 0.5) is 21.9 Å². The summed E-state index contributed by atoms with van der Waals surface area (Å²) in [5.74, 6) is 0.566. The maximum atomic E-state index is 12.6. The highest BCUT2D eigenvalue weighted by atomic mass is 32.2. The van der Waals surface area contributed by atoms with Crippen molar-refractivity contribution in [2.24, 2.45) is 0 Å². The molecule has 1 aliphatic heterocycles. The van der Waals surface area contributed by atoms with Crippen LogP contribution in [0.5, 0.6) is 0 Å². The second-order valence-corrected chi connectivity index (χ2v) is 7.62. The van der Waals surface area contributed by atoms with E-state index in [1.165, 1.54) is 12.0 Å². The Morgan fingerprint density at radius 1 is 1.10 bits per heavy atom. The number of anilines is 3. The first-order valence-corrected chi connectivity index (χ1v) is 10.2. The fourth-order valence-electron chi connectivity index (χ4n) is 3.02. The maximum Gasteiger partial charge on any atom is 0.413 e. The molecule has 152 valence electrons. The minimum atomic E-state index is -0.474. The smallest absolute Gasteiger partial charge is 0.413 e. The van der Waals surface area contributed by atoms with E-state index in [1.807, 2.05) is 24.3 Å². The number of para-hydroxylation sites is 1. The summed E-state index contributed by atoms with van der Waals surface area (Å²) in [6.45, 7) is 0.650. The second kappa shape index (κ2) is 9.47. The molecule has 2 aromatic rings. The standard InChI is InChI=1S/C21H23N3O4S/c1-23(21(27)28-2)16-9-7-15(8-10-16)22-19(25)11-12-20(26)24-13-14-29-18-6-4-3-5-17(18)24/h3-10H,11-14H2,1-2H3,(H,22,25). The molecule has 0 saturated carbocycles. The van der Waals surface area contributed by atoms with Gasteiger partial charge >= 0.3 is 6.09 Å². The highest BCUT2D eigenvalue weighted by Gasteiger charge is 2.22. The number of hydrogen-bond acceptors (Lipinski definition) is 5. The third kappa shape index (κ3) is 5.08. The van der Waals surface area contributed by atoms with E-state index in [1.54, 1.807) is 48.0 Å². The molecule has 7 nitrogen and oxygen atoms in total. The molecule has 0 radical (unpaired) electrons. The Labute approximate surface area is 174 Å². The number of nitrogens with one attached hydrogen (secondary N) is 1. The first kappa shape index (κ1) is 20.7. The number of benzene rings is 2. The second-order valence-electron chi connectivity index (χ2n) is 6.49. The zero-order chi connectivity index (χ0) is 20.8. The average Bonchev–Trinajstić information content (AvgIpc) is 2.76. The molecule has 0 aliphatic carbocycles. The van der Waals surface area contributed by atoms with Gasteiger partial charge in [-0.05, 0) is 36.4 Å². The number of carbonyl (C=O) groups excluding carboxylic acids is 3. The predicted octanol–water partition coefficient (Wildman–Crippen LogP) is 3.75. The Kier molecular flexibility index (Phi) is 6.77. The van der Waals surface area contributed by atoms with Crippen LogP contribution in [0.2, 0.25) is 0 Å². The Morgan fingerprint density at radius 2 is 1.83 bits per heavy atom. The van der Waals surface area contributed by atoms with E-state index < -0.39 is 6.09 Å². The summed E-state index contributed by atoms with van der Waals surface area (Å²) >= 11 is 1.74. The number of amides is 3. The van der Waals surface area contributed by atoms with Gasteiger partial charge in [-0.1, -0.05) is 12.1 Å². The van der Waals surface area contributed by atoms with Crippen molar-refractivity contribution in [1.82, 2.24) is 0 Å². The fourth-order valence-corrected chi connectivity index (χ4v) is 4.01. The Morgan fingerprint density at radius 3 is 2.55 bits per heavy atom. The van der Waals surface area contributed by atoms with E-state index >= 15 is 0 Å². The zero-order valence-corrected chi connectivity index (χ0v) is 17.2. The summed E-state index contributed by atoms with van der Waals surface area (Å²) in [7, 11) is 2.92. The lowest BCUT2D eigenvalue weighted by Gasteiger charge is -2.29. The molecular weight excluding hydrogens is 390 g/mol. The largest absolute Gasteiger partial charge is 0.452 e. The summed E-state index contributed by atoms with van der Waals surface area (Å²) in [6, 6.07) is 14.6. The highest BCUT2D eigenvalue weighted by molar-refractivity contribution is 7.99. The van der Waals surface area contributed by atoms with Gasteiger partial charge in [0.05, 0.1) is 12.8 Å². The van der Waals surface area contributed by atoms with Gasteiger partial charge < -0.3 is 15.0 Å². The lowest BCUT2D eigenvalue weighted by Crippen LogP contribution is -2.35. The van der Waals surface area contributed by atoms with Gasteiger partial charge in [0.1, 0.15) is 0 Å². The van der Waals surface area contributed by atoms with Crippen molar-refractivity contribution in [2.45, 2.75) is 17.7 Å². The van der Waals surface area contributed by atoms with Crippen molar-refractivity contribution in [3.8, 4) is 0 Å². The van der Waals surface area contributed by atoms with Crippen molar-refractivity contribution in [2.75, 3.05) is 41.6 Å². The molecule has 0 saturated heterocycles. The molecule has 3 amide bonds. The lowest BCUT2D eigenvalue weighted by molar-refractivity contribution is -0.122. The van der Waals surface area contributed by atoms with Gasteiger partial charge in [0.25, 0.3) is 0 Å². The molecule has 0 unspecified atom stereocenters. The number of rotatable bonds is 5. The summed E-state index contributed by atoms with van der Waals surface area (Å²) in [4.78, 5) is 40.6. The van der Waals surface area contributed by atoms with E-state index in [9.17, 15) is 14.4 Å². The minimum absolute atomic E-state index is 0.0528. The first-order chi connectivity index (χ1) is 14.0. The molecule has 1 N–H and O–H groups in total. The molecule has 0 aromatic heterocycles. The topological polar surface area (TPSA) is 79.0 Å². The SMILES string of the molecule is COC(=O)N(C)c1ccc(NC(=O)CCC(=O)N2CCSc3ccccc32)cc1. The molecular formula is C21H23N3O4S. The van der Waals surface area contributed by atoms with Crippen LogP contribution in [0.25, 0.3) is 0 Å².